The lowest BCUT2D eigenvalue weighted by Gasteiger charge is -2.13. The highest BCUT2D eigenvalue weighted by molar-refractivity contribution is 9.10. The van der Waals surface area contributed by atoms with Crippen molar-refractivity contribution in [3.8, 4) is 17.2 Å². The fourth-order valence-corrected chi connectivity index (χ4v) is 4.04. The number of carbonyl (C=O) groups excluding carboxylic acids is 2. The van der Waals surface area contributed by atoms with Crippen LogP contribution in [0.2, 0.25) is 0 Å². The van der Waals surface area contributed by atoms with Gasteiger partial charge in [-0.1, -0.05) is 12.1 Å². The van der Waals surface area contributed by atoms with Gasteiger partial charge in [0.1, 0.15) is 5.75 Å². The van der Waals surface area contributed by atoms with Crippen molar-refractivity contribution in [3.63, 3.8) is 0 Å². The first-order valence-corrected chi connectivity index (χ1v) is 12.4. The Bertz CT molecular complexity index is 1230. The van der Waals surface area contributed by atoms with Crippen molar-refractivity contribution in [2.24, 2.45) is 5.10 Å². The number of esters is 1. The van der Waals surface area contributed by atoms with Crippen LogP contribution >= 0.6 is 27.3 Å². The van der Waals surface area contributed by atoms with Gasteiger partial charge in [0.2, 0.25) is 5.13 Å². The van der Waals surface area contributed by atoms with Gasteiger partial charge in [0.05, 0.1) is 44.8 Å². The first-order valence-electron chi connectivity index (χ1n) is 10.8. The molecule has 0 bridgehead atoms. The van der Waals surface area contributed by atoms with Crippen molar-refractivity contribution in [2.75, 3.05) is 38.2 Å². The van der Waals surface area contributed by atoms with Crippen LogP contribution in [-0.4, -0.2) is 50.5 Å². The highest BCUT2D eigenvalue weighted by Crippen LogP contribution is 2.33. The summed E-state index contributed by atoms with van der Waals surface area (Å²) in [6.07, 6.45) is 1.69. The Hall–Kier alpha value is -3.64. The molecule has 36 heavy (non-hydrogen) atoms. The number of benzene rings is 2. The maximum absolute atomic E-state index is 12.4. The monoisotopic (exact) mass is 576 g/mol. The van der Waals surface area contributed by atoms with Crippen LogP contribution in [-0.2, 0) is 20.7 Å². The van der Waals surface area contributed by atoms with E-state index in [-0.39, 0.29) is 24.9 Å². The maximum atomic E-state index is 12.4. The summed E-state index contributed by atoms with van der Waals surface area (Å²) in [5.74, 6) is 0.687. The zero-order chi connectivity index (χ0) is 25.9. The number of amides is 1. The molecule has 0 aliphatic heterocycles. The van der Waals surface area contributed by atoms with Crippen LogP contribution in [0.3, 0.4) is 0 Å². The van der Waals surface area contributed by atoms with Crippen molar-refractivity contribution in [3.05, 3.63) is 57.5 Å². The third-order valence-electron chi connectivity index (χ3n) is 4.57. The number of para-hydroxylation sites is 2. The van der Waals surface area contributed by atoms with Gasteiger partial charge in [0, 0.05) is 15.4 Å². The van der Waals surface area contributed by atoms with E-state index in [0.29, 0.717) is 50.4 Å². The molecule has 3 rings (SSSR count). The maximum Gasteiger partial charge on any atom is 0.311 e. The number of hydrazone groups is 1. The number of halogens is 1. The lowest BCUT2D eigenvalue weighted by atomic mass is 10.2. The number of ether oxygens (including phenoxy) is 4. The number of nitrogens with one attached hydrogen (secondary N) is 2. The van der Waals surface area contributed by atoms with Gasteiger partial charge in [-0.15, -0.1) is 11.3 Å². The molecule has 0 saturated heterocycles. The molecule has 0 saturated carbocycles. The van der Waals surface area contributed by atoms with E-state index in [1.54, 1.807) is 48.9 Å². The predicted octanol–water partition coefficient (Wildman–Crippen LogP) is 4.49. The second kappa shape index (κ2) is 13.4. The van der Waals surface area contributed by atoms with Crippen LogP contribution in [0, 0.1) is 0 Å². The van der Waals surface area contributed by atoms with E-state index in [1.165, 1.54) is 25.6 Å². The normalized spacial score (nSPS) is 10.7. The first kappa shape index (κ1) is 27.0. The van der Waals surface area contributed by atoms with E-state index in [4.69, 9.17) is 18.9 Å². The Balaban J connectivity index is 1.59. The summed E-state index contributed by atoms with van der Waals surface area (Å²) in [7, 11) is 3.04. The Labute approximate surface area is 220 Å². The van der Waals surface area contributed by atoms with Crippen LogP contribution in [0.5, 0.6) is 17.2 Å². The van der Waals surface area contributed by atoms with Gasteiger partial charge >= 0.3 is 5.97 Å². The molecule has 1 heterocycles. The summed E-state index contributed by atoms with van der Waals surface area (Å²) in [6.45, 7) is 1.86. The first-order chi connectivity index (χ1) is 17.4. The number of anilines is 2. The van der Waals surface area contributed by atoms with Crippen molar-refractivity contribution >= 4 is 56.2 Å². The Kier molecular flexibility index (Phi) is 10.1. The molecule has 0 fully saturated rings. The third-order valence-corrected chi connectivity index (χ3v) is 6.05. The molecule has 10 nitrogen and oxygen atoms in total. The summed E-state index contributed by atoms with van der Waals surface area (Å²) in [5, 5.41) is 9.26. The van der Waals surface area contributed by atoms with E-state index in [0.717, 1.165) is 0 Å². The number of hydrogen-bond donors (Lipinski definition) is 2. The zero-order valence-corrected chi connectivity index (χ0v) is 22.3. The van der Waals surface area contributed by atoms with E-state index < -0.39 is 0 Å². The molecule has 1 aromatic heterocycles. The van der Waals surface area contributed by atoms with Gasteiger partial charge in [-0.3, -0.25) is 15.0 Å². The van der Waals surface area contributed by atoms with Crippen molar-refractivity contribution < 1.29 is 28.5 Å². The van der Waals surface area contributed by atoms with E-state index in [9.17, 15) is 9.59 Å². The van der Waals surface area contributed by atoms with Crippen LogP contribution < -0.4 is 25.0 Å². The summed E-state index contributed by atoms with van der Waals surface area (Å²) in [5.41, 5.74) is 4.70. The minimum atomic E-state index is -0.349. The van der Waals surface area contributed by atoms with Gasteiger partial charge in [0.15, 0.2) is 18.1 Å². The second-order valence-electron chi connectivity index (χ2n) is 7.06. The molecular weight excluding hydrogens is 552 g/mol. The fraction of sp³-hybridized carbons (Fsp3) is 0.250. The largest absolute Gasteiger partial charge is 0.495 e. The third kappa shape index (κ3) is 7.68. The molecule has 0 aliphatic carbocycles. The lowest BCUT2D eigenvalue weighted by molar-refractivity contribution is -0.142. The predicted molar refractivity (Wildman–Crippen MR) is 141 cm³/mol. The van der Waals surface area contributed by atoms with Crippen LogP contribution in [0.15, 0.2) is 51.4 Å². The molecule has 1 amide bonds. The Morgan fingerprint density at radius 1 is 1.14 bits per heavy atom. The molecule has 0 aliphatic rings. The molecule has 190 valence electrons. The SMILES string of the molecule is CCOC(=O)Cc1csc(NN=Cc2cc(OC)c(OCC(=O)Nc3ccccc3OC)cc2Br)n1. The molecule has 2 aromatic carbocycles. The molecule has 12 heteroatoms. The molecule has 0 radical (unpaired) electrons. The van der Waals surface area contributed by atoms with Crippen LogP contribution in [0.1, 0.15) is 18.2 Å². The molecule has 3 aromatic rings. The quantitative estimate of drug-likeness (QED) is 0.184. The average molecular weight is 577 g/mol. The minimum absolute atomic E-state index is 0.108. The van der Waals surface area contributed by atoms with E-state index in [1.807, 2.05) is 6.07 Å². The number of carbonyl (C=O) groups is 2. The number of aromatic nitrogens is 1. The number of hydrogen-bond acceptors (Lipinski definition) is 10. The zero-order valence-electron chi connectivity index (χ0n) is 19.9. The molecule has 0 atom stereocenters. The molecule has 0 unspecified atom stereocenters. The number of methoxy groups -OCH3 is 2. The van der Waals surface area contributed by atoms with E-state index >= 15 is 0 Å². The topological polar surface area (TPSA) is 120 Å². The molecular formula is C24H25BrN4O6S. The van der Waals surface area contributed by atoms with Crippen molar-refractivity contribution in [2.45, 2.75) is 13.3 Å². The average Bonchev–Trinajstić information content (AvgIpc) is 3.31. The molecule has 0 spiro atoms. The van der Waals surface area contributed by atoms with Gasteiger partial charge in [-0.25, -0.2) is 4.98 Å². The molecule has 2 N–H and O–H groups in total. The standard InChI is InChI=1S/C24H25BrN4O6S/c1-4-34-23(31)10-16-14-36-24(27-16)29-26-12-15-9-20(33-3)21(11-17(15)25)35-13-22(30)28-18-7-5-6-8-19(18)32-2/h5-9,11-12,14H,4,10,13H2,1-3H3,(H,27,29)(H,28,30). The summed E-state index contributed by atoms with van der Waals surface area (Å²) >= 11 is 4.81. The van der Waals surface area contributed by atoms with Gasteiger partial charge in [-0.05, 0) is 47.1 Å². The number of nitrogens with zero attached hydrogens (tertiary/aromatic N) is 2. The van der Waals surface area contributed by atoms with Crippen molar-refractivity contribution in [1.82, 2.24) is 4.98 Å². The Morgan fingerprint density at radius 2 is 1.92 bits per heavy atom. The summed E-state index contributed by atoms with van der Waals surface area (Å²) in [6, 6.07) is 10.5. The summed E-state index contributed by atoms with van der Waals surface area (Å²) in [4.78, 5) is 28.3. The van der Waals surface area contributed by atoms with Gasteiger partial charge in [-0.2, -0.15) is 5.10 Å². The van der Waals surface area contributed by atoms with Gasteiger partial charge < -0.3 is 24.3 Å². The fourth-order valence-electron chi connectivity index (χ4n) is 2.96. The lowest BCUT2D eigenvalue weighted by Crippen LogP contribution is -2.20. The van der Waals surface area contributed by atoms with Crippen molar-refractivity contribution in [1.29, 1.82) is 0 Å². The number of thiazole rings is 1. The highest BCUT2D eigenvalue weighted by atomic mass is 79.9. The Morgan fingerprint density at radius 3 is 2.67 bits per heavy atom. The van der Waals surface area contributed by atoms with Crippen LogP contribution in [0.25, 0.3) is 0 Å². The highest BCUT2D eigenvalue weighted by Gasteiger charge is 2.13. The smallest absolute Gasteiger partial charge is 0.311 e. The summed E-state index contributed by atoms with van der Waals surface area (Å²) < 4.78 is 21.9. The second-order valence-corrected chi connectivity index (χ2v) is 8.77. The van der Waals surface area contributed by atoms with E-state index in [2.05, 4.69) is 36.8 Å². The van der Waals surface area contributed by atoms with Crippen LogP contribution in [0.4, 0.5) is 10.8 Å². The number of rotatable bonds is 12. The van der Waals surface area contributed by atoms with Gasteiger partial charge in [0.25, 0.3) is 5.91 Å². The minimum Gasteiger partial charge on any atom is -0.495 e.